The molecule has 0 radical (unpaired) electrons. The van der Waals surface area contributed by atoms with Gasteiger partial charge >= 0.3 is 12.1 Å². The monoisotopic (exact) mass is 241 g/mol. The van der Waals surface area contributed by atoms with Crippen molar-refractivity contribution < 1.29 is 19.1 Å². The van der Waals surface area contributed by atoms with Gasteiger partial charge in [-0.1, -0.05) is 0 Å². The molecule has 1 amide bonds. The van der Waals surface area contributed by atoms with Gasteiger partial charge in [0.05, 0.1) is 20.1 Å². The van der Waals surface area contributed by atoms with Crippen molar-refractivity contribution in [3.05, 3.63) is 0 Å². The molecule has 5 nitrogen and oxygen atoms in total. The van der Waals surface area contributed by atoms with Crippen molar-refractivity contribution in [3.63, 3.8) is 0 Å². The Morgan fingerprint density at radius 1 is 1.06 bits per heavy atom. The van der Waals surface area contributed by atoms with Gasteiger partial charge < -0.3 is 14.4 Å². The van der Waals surface area contributed by atoms with E-state index >= 15 is 0 Å². The lowest BCUT2D eigenvalue weighted by Crippen LogP contribution is -2.57. The Balaban J connectivity index is 2.19. The van der Waals surface area contributed by atoms with Crippen LogP contribution in [-0.2, 0) is 14.3 Å². The van der Waals surface area contributed by atoms with E-state index in [0.29, 0.717) is 0 Å². The molecule has 5 heteroatoms. The number of methoxy groups -OCH3 is 2. The van der Waals surface area contributed by atoms with Crippen LogP contribution in [-0.4, -0.2) is 43.3 Å². The summed E-state index contributed by atoms with van der Waals surface area (Å²) in [5.41, 5.74) is 0. The van der Waals surface area contributed by atoms with Crippen LogP contribution in [0.4, 0.5) is 4.79 Å². The third kappa shape index (κ3) is 2.10. The predicted octanol–water partition coefficient (Wildman–Crippen LogP) is 1.56. The molecule has 2 fully saturated rings. The average molecular weight is 241 g/mol. The Labute approximate surface area is 101 Å². The Morgan fingerprint density at radius 3 is 2.47 bits per heavy atom. The Kier molecular flexibility index (Phi) is 3.54. The Hall–Kier alpha value is -1.26. The van der Waals surface area contributed by atoms with Crippen LogP contribution < -0.4 is 0 Å². The van der Waals surface area contributed by atoms with Gasteiger partial charge in [0.15, 0.2) is 0 Å². The van der Waals surface area contributed by atoms with Gasteiger partial charge in [0.2, 0.25) is 0 Å². The molecule has 96 valence electrons. The van der Waals surface area contributed by atoms with E-state index in [-0.39, 0.29) is 30.1 Å². The summed E-state index contributed by atoms with van der Waals surface area (Å²) in [4.78, 5) is 25.3. The van der Waals surface area contributed by atoms with E-state index in [0.717, 1.165) is 32.1 Å². The molecule has 2 bridgehead atoms. The molecule has 0 aromatic rings. The fraction of sp³-hybridized carbons (Fsp3) is 0.833. The third-order valence-electron chi connectivity index (χ3n) is 3.95. The number of hydrogen-bond acceptors (Lipinski definition) is 4. The number of carbonyl (C=O) groups excluding carboxylic acids is 2. The molecule has 2 rings (SSSR count). The number of piperidine rings is 2. The van der Waals surface area contributed by atoms with Crippen molar-refractivity contribution in [1.29, 1.82) is 0 Å². The highest BCUT2D eigenvalue weighted by Gasteiger charge is 2.45. The quantitative estimate of drug-likeness (QED) is 0.654. The average Bonchev–Trinajstić information content (AvgIpc) is 2.36. The molecule has 0 spiro atoms. The molecule has 0 aliphatic carbocycles. The number of rotatable bonds is 1. The summed E-state index contributed by atoms with van der Waals surface area (Å²) in [7, 11) is 2.79. The van der Waals surface area contributed by atoms with Gasteiger partial charge in [-0.3, -0.25) is 4.79 Å². The van der Waals surface area contributed by atoms with Gasteiger partial charge in [-0.05, 0) is 32.1 Å². The molecule has 0 N–H and O–H groups in total. The van der Waals surface area contributed by atoms with Crippen molar-refractivity contribution in [2.45, 2.75) is 44.2 Å². The van der Waals surface area contributed by atoms with E-state index in [9.17, 15) is 9.59 Å². The minimum absolute atomic E-state index is 0.0394. The highest BCUT2D eigenvalue weighted by molar-refractivity contribution is 5.76. The topological polar surface area (TPSA) is 55.8 Å². The number of esters is 1. The summed E-state index contributed by atoms with van der Waals surface area (Å²) in [6.45, 7) is 0. The van der Waals surface area contributed by atoms with Crippen LogP contribution >= 0.6 is 0 Å². The molecule has 0 aromatic heterocycles. The summed E-state index contributed by atoms with van der Waals surface area (Å²) in [6.07, 6.45) is 4.32. The molecular formula is C12H19NO4. The van der Waals surface area contributed by atoms with Gasteiger partial charge in [-0.25, -0.2) is 4.79 Å². The van der Waals surface area contributed by atoms with Crippen LogP contribution in [0.25, 0.3) is 0 Å². The smallest absolute Gasteiger partial charge is 0.410 e. The molecule has 0 aromatic carbocycles. The normalized spacial score (nSPS) is 31.9. The molecule has 17 heavy (non-hydrogen) atoms. The second-order valence-electron chi connectivity index (χ2n) is 4.74. The number of carbonyl (C=O) groups is 2. The summed E-state index contributed by atoms with van der Waals surface area (Å²) in [5, 5.41) is 0. The fourth-order valence-electron chi connectivity index (χ4n) is 3.17. The van der Waals surface area contributed by atoms with E-state index in [4.69, 9.17) is 9.47 Å². The molecule has 0 unspecified atom stereocenters. The summed E-state index contributed by atoms with van der Waals surface area (Å²) >= 11 is 0. The minimum Gasteiger partial charge on any atom is -0.469 e. The Bertz CT molecular complexity index is 318. The molecule has 2 heterocycles. The van der Waals surface area contributed by atoms with Gasteiger partial charge in [0.25, 0.3) is 0 Å². The van der Waals surface area contributed by atoms with Gasteiger partial charge in [0.1, 0.15) is 0 Å². The molecule has 2 saturated heterocycles. The number of nitrogens with zero attached hydrogens (tertiary/aromatic N) is 1. The van der Waals surface area contributed by atoms with Crippen LogP contribution in [0.2, 0.25) is 0 Å². The maximum absolute atomic E-state index is 11.8. The van der Waals surface area contributed by atoms with Crippen LogP contribution in [0.5, 0.6) is 0 Å². The highest BCUT2D eigenvalue weighted by Crippen LogP contribution is 2.38. The predicted molar refractivity (Wildman–Crippen MR) is 60.4 cm³/mol. The second-order valence-corrected chi connectivity index (χ2v) is 4.74. The maximum Gasteiger partial charge on any atom is 0.410 e. The van der Waals surface area contributed by atoms with Gasteiger partial charge in [-0.15, -0.1) is 0 Å². The van der Waals surface area contributed by atoms with Crippen molar-refractivity contribution >= 4 is 12.1 Å². The van der Waals surface area contributed by atoms with Crippen molar-refractivity contribution in [2.75, 3.05) is 14.2 Å². The van der Waals surface area contributed by atoms with Crippen molar-refractivity contribution in [2.24, 2.45) is 5.92 Å². The summed E-state index contributed by atoms with van der Waals surface area (Å²) < 4.78 is 9.65. The first kappa shape index (κ1) is 12.2. The van der Waals surface area contributed by atoms with E-state index in [1.165, 1.54) is 14.2 Å². The first-order chi connectivity index (χ1) is 8.19. The van der Waals surface area contributed by atoms with Crippen LogP contribution in [0, 0.1) is 5.92 Å². The summed E-state index contributed by atoms with van der Waals surface area (Å²) in [5.74, 6) is -0.389. The second kappa shape index (κ2) is 4.94. The Morgan fingerprint density at radius 2 is 1.82 bits per heavy atom. The van der Waals surface area contributed by atoms with Crippen LogP contribution in [0.3, 0.4) is 0 Å². The summed E-state index contributed by atoms with van der Waals surface area (Å²) in [6, 6.07) is 0.199. The van der Waals surface area contributed by atoms with E-state index in [1.54, 1.807) is 4.90 Å². The largest absolute Gasteiger partial charge is 0.469 e. The first-order valence-corrected chi connectivity index (χ1v) is 6.13. The minimum atomic E-state index is -0.312. The SMILES string of the molecule is COC(=O)[C@H]1CC[C@H]2CCC[C@@H]1N2C(=O)OC. The van der Waals surface area contributed by atoms with Crippen molar-refractivity contribution in [1.82, 2.24) is 4.90 Å². The molecule has 2 aliphatic heterocycles. The van der Waals surface area contributed by atoms with Crippen LogP contribution in [0.15, 0.2) is 0 Å². The van der Waals surface area contributed by atoms with E-state index < -0.39 is 0 Å². The lowest BCUT2D eigenvalue weighted by Gasteiger charge is -2.47. The number of fused-ring (bicyclic) bond motifs is 2. The molecule has 3 atom stereocenters. The van der Waals surface area contributed by atoms with Gasteiger partial charge in [0, 0.05) is 12.1 Å². The van der Waals surface area contributed by atoms with Gasteiger partial charge in [-0.2, -0.15) is 0 Å². The molecule has 2 aliphatic rings. The van der Waals surface area contributed by atoms with Crippen LogP contribution in [0.1, 0.15) is 32.1 Å². The fourth-order valence-corrected chi connectivity index (χ4v) is 3.17. The number of amides is 1. The number of hydrogen-bond donors (Lipinski definition) is 0. The third-order valence-corrected chi connectivity index (χ3v) is 3.95. The standard InChI is InChI=1S/C12H19NO4/c1-16-11(14)9-7-6-8-4-3-5-10(9)13(8)12(15)17-2/h8-10H,3-7H2,1-2H3/t8-,9+,10+/m1/s1. The number of ether oxygens (including phenoxy) is 2. The first-order valence-electron chi connectivity index (χ1n) is 6.13. The van der Waals surface area contributed by atoms with E-state index in [1.807, 2.05) is 0 Å². The molecule has 0 saturated carbocycles. The zero-order valence-corrected chi connectivity index (χ0v) is 10.3. The van der Waals surface area contributed by atoms with E-state index in [2.05, 4.69) is 0 Å². The van der Waals surface area contributed by atoms with Crippen molar-refractivity contribution in [3.8, 4) is 0 Å². The highest BCUT2D eigenvalue weighted by atomic mass is 16.5. The lowest BCUT2D eigenvalue weighted by molar-refractivity contribution is -0.151. The zero-order valence-electron chi connectivity index (χ0n) is 10.3. The lowest BCUT2D eigenvalue weighted by atomic mass is 9.78. The zero-order chi connectivity index (χ0) is 12.4. The molecular weight excluding hydrogens is 222 g/mol. The maximum atomic E-state index is 11.8.